The van der Waals surface area contributed by atoms with E-state index in [1.54, 1.807) is 18.2 Å². The van der Waals surface area contributed by atoms with Crippen LogP contribution < -0.4 is 15.1 Å². The highest BCUT2D eigenvalue weighted by Gasteiger charge is 2.31. The third kappa shape index (κ3) is 5.95. The molecule has 0 atom stereocenters. The normalized spacial score (nSPS) is 16.3. The number of hydrogen-bond acceptors (Lipinski definition) is 7. The van der Waals surface area contributed by atoms with Gasteiger partial charge < -0.3 is 19.5 Å². The topological polar surface area (TPSA) is 74.5 Å². The number of anilines is 2. The molecule has 11 heteroatoms. The SMILES string of the molecule is Cc1cc(N2CCN(c3cccc(C(F)(F)F)c3)CC2)nc(SCc2ccc(C(=O)NC3CC3)o2)n1. The van der Waals surface area contributed by atoms with Gasteiger partial charge in [-0.15, -0.1) is 0 Å². The first-order valence-corrected chi connectivity index (χ1v) is 12.8. The number of carbonyl (C=O) groups is 1. The van der Waals surface area contributed by atoms with E-state index in [1.165, 1.54) is 23.9 Å². The number of rotatable bonds is 7. The molecule has 0 bridgehead atoms. The van der Waals surface area contributed by atoms with E-state index >= 15 is 0 Å². The van der Waals surface area contributed by atoms with Crippen LogP contribution in [-0.2, 0) is 11.9 Å². The zero-order valence-electron chi connectivity index (χ0n) is 19.7. The molecule has 1 N–H and O–H groups in total. The van der Waals surface area contributed by atoms with Gasteiger partial charge in [-0.05, 0) is 50.1 Å². The van der Waals surface area contributed by atoms with Crippen LogP contribution in [0.5, 0.6) is 0 Å². The van der Waals surface area contributed by atoms with Gasteiger partial charge in [0.05, 0.1) is 11.3 Å². The molecule has 7 nitrogen and oxygen atoms in total. The van der Waals surface area contributed by atoms with Gasteiger partial charge in [0.2, 0.25) is 0 Å². The Labute approximate surface area is 211 Å². The number of halogens is 3. The second-order valence-corrected chi connectivity index (χ2v) is 9.92. The number of furan rings is 1. The van der Waals surface area contributed by atoms with Crippen molar-refractivity contribution in [1.29, 1.82) is 0 Å². The summed E-state index contributed by atoms with van der Waals surface area (Å²) in [4.78, 5) is 25.4. The van der Waals surface area contributed by atoms with Crippen LogP contribution in [0.2, 0.25) is 0 Å². The molecular formula is C25H26F3N5O2S. The maximum Gasteiger partial charge on any atom is 0.416 e. The highest BCUT2D eigenvalue weighted by molar-refractivity contribution is 7.98. The van der Waals surface area contributed by atoms with Crippen molar-refractivity contribution in [2.24, 2.45) is 0 Å². The van der Waals surface area contributed by atoms with E-state index in [9.17, 15) is 18.0 Å². The van der Waals surface area contributed by atoms with Gasteiger partial charge in [-0.25, -0.2) is 9.97 Å². The Morgan fingerprint density at radius 2 is 1.83 bits per heavy atom. The van der Waals surface area contributed by atoms with Crippen LogP contribution >= 0.6 is 11.8 Å². The van der Waals surface area contributed by atoms with E-state index < -0.39 is 11.7 Å². The molecule has 1 saturated heterocycles. The third-order valence-corrected chi connectivity index (χ3v) is 6.97. The zero-order chi connectivity index (χ0) is 25.3. The number of piperazine rings is 1. The van der Waals surface area contributed by atoms with Crippen molar-refractivity contribution < 1.29 is 22.4 Å². The summed E-state index contributed by atoms with van der Waals surface area (Å²) in [6.07, 6.45) is -2.32. The lowest BCUT2D eigenvalue weighted by Gasteiger charge is -2.37. The minimum Gasteiger partial charge on any atom is -0.455 e. The fourth-order valence-corrected chi connectivity index (χ4v) is 4.81. The van der Waals surface area contributed by atoms with E-state index in [4.69, 9.17) is 9.40 Å². The molecule has 2 aromatic heterocycles. The van der Waals surface area contributed by atoms with Gasteiger partial charge in [0.15, 0.2) is 10.9 Å². The summed E-state index contributed by atoms with van der Waals surface area (Å²) in [7, 11) is 0. The van der Waals surface area contributed by atoms with E-state index in [0.717, 1.165) is 30.4 Å². The molecule has 0 spiro atoms. The van der Waals surface area contributed by atoms with Gasteiger partial charge in [-0.3, -0.25) is 4.79 Å². The Hall–Kier alpha value is -3.21. The first-order valence-electron chi connectivity index (χ1n) is 11.8. The monoisotopic (exact) mass is 517 g/mol. The van der Waals surface area contributed by atoms with Gasteiger partial charge >= 0.3 is 6.18 Å². The van der Waals surface area contributed by atoms with Crippen molar-refractivity contribution in [1.82, 2.24) is 15.3 Å². The van der Waals surface area contributed by atoms with Crippen molar-refractivity contribution in [2.75, 3.05) is 36.0 Å². The average Bonchev–Trinajstić information content (AvgIpc) is 3.54. The summed E-state index contributed by atoms with van der Waals surface area (Å²) in [5.74, 6) is 2.07. The molecule has 1 aliphatic heterocycles. The smallest absolute Gasteiger partial charge is 0.416 e. The van der Waals surface area contributed by atoms with Crippen molar-refractivity contribution in [2.45, 2.75) is 42.9 Å². The second-order valence-electron chi connectivity index (χ2n) is 8.97. The molecule has 36 heavy (non-hydrogen) atoms. The number of aryl methyl sites for hydroxylation is 1. The molecule has 1 aliphatic carbocycles. The number of carbonyl (C=O) groups excluding carboxylic acids is 1. The van der Waals surface area contributed by atoms with E-state index in [-0.39, 0.29) is 11.9 Å². The number of benzene rings is 1. The molecule has 1 saturated carbocycles. The van der Waals surface area contributed by atoms with Gasteiger partial charge in [-0.1, -0.05) is 17.8 Å². The molecule has 1 aromatic carbocycles. The number of thioether (sulfide) groups is 1. The lowest BCUT2D eigenvalue weighted by Crippen LogP contribution is -2.47. The van der Waals surface area contributed by atoms with Crippen LogP contribution in [0.25, 0.3) is 0 Å². The fourth-order valence-electron chi connectivity index (χ4n) is 4.02. The van der Waals surface area contributed by atoms with Crippen molar-refractivity contribution >= 4 is 29.2 Å². The summed E-state index contributed by atoms with van der Waals surface area (Å²) in [6.45, 7) is 4.35. The predicted molar refractivity (Wildman–Crippen MR) is 131 cm³/mol. The summed E-state index contributed by atoms with van der Waals surface area (Å²) in [5.41, 5.74) is 0.762. The quantitative estimate of drug-likeness (QED) is 0.353. The molecule has 1 amide bonds. The van der Waals surface area contributed by atoms with E-state index in [2.05, 4.69) is 15.2 Å². The maximum atomic E-state index is 13.1. The summed E-state index contributed by atoms with van der Waals surface area (Å²) in [5, 5.41) is 3.51. The number of amides is 1. The number of nitrogens with one attached hydrogen (secondary N) is 1. The molecule has 0 unspecified atom stereocenters. The molecule has 0 radical (unpaired) electrons. The highest BCUT2D eigenvalue weighted by atomic mass is 32.2. The minimum absolute atomic E-state index is 0.188. The van der Waals surface area contributed by atoms with Crippen LogP contribution in [0.3, 0.4) is 0 Å². The standard InChI is InChI=1S/C25H26F3N5O2S/c1-16-13-22(33-11-9-32(10-12-33)19-4-2-3-17(14-19)25(26,27)28)31-24(29-16)36-15-20-7-8-21(35-20)23(34)30-18-5-6-18/h2-4,7-8,13-14,18H,5-6,9-12,15H2,1H3,(H,30,34). The predicted octanol–water partition coefficient (Wildman–Crippen LogP) is 4.91. The van der Waals surface area contributed by atoms with Crippen LogP contribution in [0.1, 0.15) is 40.4 Å². The van der Waals surface area contributed by atoms with Crippen LogP contribution in [-0.4, -0.2) is 48.1 Å². The maximum absolute atomic E-state index is 13.1. The first kappa shape index (κ1) is 24.5. The van der Waals surface area contributed by atoms with Crippen LogP contribution in [0.15, 0.2) is 52.0 Å². The summed E-state index contributed by atoms with van der Waals surface area (Å²) < 4.78 is 44.9. The fraction of sp³-hybridized carbons (Fsp3) is 0.400. The molecule has 3 aromatic rings. The number of nitrogens with zero attached hydrogens (tertiary/aromatic N) is 4. The Kier molecular flexibility index (Phi) is 6.83. The molecule has 3 heterocycles. The van der Waals surface area contributed by atoms with Gasteiger partial charge in [0.25, 0.3) is 5.91 Å². The number of aromatic nitrogens is 2. The van der Waals surface area contributed by atoms with E-state index in [0.29, 0.717) is 54.3 Å². The van der Waals surface area contributed by atoms with Gasteiger partial charge in [0.1, 0.15) is 11.6 Å². The number of alkyl halides is 3. The van der Waals surface area contributed by atoms with Crippen molar-refractivity contribution in [3.05, 3.63) is 65.2 Å². The Balaban J connectivity index is 1.19. The van der Waals surface area contributed by atoms with Crippen molar-refractivity contribution in [3.63, 3.8) is 0 Å². The first-order chi connectivity index (χ1) is 17.2. The minimum atomic E-state index is -4.36. The average molecular weight is 518 g/mol. The third-order valence-electron chi connectivity index (χ3n) is 6.10. The lowest BCUT2D eigenvalue weighted by molar-refractivity contribution is -0.137. The Bertz CT molecular complexity index is 1240. The van der Waals surface area contributed by atoms with Crippen LogP contribution in [0, 0.1) is 6.92 Å². The summed E-state index contributed by atoms with van der Waals surface area (Å²) >= 11 is 1.43. The zero-order valence-corrected chi connectivity index (χ0v) is 20.5. The molecule has 2 fully saturated rings. The second kappa shape index (κ2) is 10.0. The van der Waals surface area contributed by atoms with Gasteiger partial charge in [0, 0.05) is 49.7 Å². The van der Waals surface area contributed by atoms with Gasteiger partial charge in [-0.2, -0.15) is 13.2 Å². The lowest BCUT2D eigenvalue weighted by atomic mass is 10.1. The summed E-state index contributed by atoms with van der Waals surface area (Å²) in [6, 6.07) is 11.1. The Morgan fingerprint density at radius 1 is 1.08 bits per heavy atom. The van der Waals surface area contributed by atoms with Crippen molar-refractivity contribution in [3.8, 4) is 0 Å². The van der Waals surface area contributed by atoms with E-state index in [1.807, 2.05) is 17.9 Å². The Morgan fingerprint density at radius 3 is 2.56 bits per heavy atom. The molecule has 2 aliphatic rings. The molecule has 190 valence electrons. The molecular weight excluding hydrogens is 491 g/mol. The number of hydrogen-bond donors (Lipinski definition) is 1. The molecule has 5 rings (SSSR count). The highest BCUT2D eigenvalue weighted by Crippen LogP contribution is 2.32. The van der Waals surface area contributed by atoms with Crippen LogP contribution in [0.4, 0.5) is 24.7 Å². The largest absolute Gasteiger partial charge is 0.455 e.